The first-order chi connectivity index (χ1) is 14.6. The molecule has 2 nitrogen and oxygen atoms in total. The van der Waals surface area contributed by atoms with Gasteiger partial charge in [0.1, 0.15) is 0 Å². The zero-order chi connectivity index (χ0) is 22.6. The lowest BCUT2D eigenvalue weighted by molar-refractivity contribution is -0.182. The van der Waals surface area contributed by atoms with Crippen LogP contribution in [0.2, 0.25) is 0 Å². The van der Waals surface area contributed by atoms with Crippen LogP contribution in [0.1, 0.15) is 34.6 Å². The molecule has 1 fully saturated rings. The fraction of sp³-hybridized carbons (Fsp3) is 0.391. The molecule has 0 aromatic heterocycles. The van der Waals surface area contributed by atoms with Gasteiger partial charge in [-0.3, -0.25) is 0 Å². The number of alkyl halides is 6. The summed E-state index contributed by atoms with van der Waals surface area (Å²) in [5.41, 5.74) is -1.80. The van der Waals surface area contributed by atoms with E-state index in [4.69, 9.17) is 9.47 Å². The first-order valence-corrected chi connectivity index (χ1v) is 9.78. The van der Waals surface area contributed by atoms with E-state index >= 15 is 0 Å². The number of allylic oxidation sites excluding steroid dienone is 1. The summed E-state index contributed by atoms with van der Waals surface area (Å²) in [5, 5.41) is 0. The van der Waals surface area contributed by atoms with Gasteiger partial charge < -0.3 is 9.47 Å². The lowest BCUT2D eigenvalue weighted by Crippen LogP contribution is -2.36. The first kappa shape index (κ1) is 23.3. The first-order valence-electron chi connectivity index (χ1n) is 9.78. The second kappa shape index (κ2) is 9.44. The molecule has 0 aliphatic carbocycles. The zero-order valence-corrected chi connectivity index (χ0v) is 16.5. The van der Waals surface area contributed by atoms with Gasteiger partial charge in [0, 0.05) is 5.92 Å². The van der Waals surface area contributed by atoms with Crippen LogP contribution in [0, 0.1) is 5.92 Å². The Kier molecular flexibility index (Phi) is 7.11. The quantitative estimate of drug-likeness (QED) is 0.369. The van der Waals surface area contributed by atoms with Crippen LogP contribution in [0.25, 0.3) is 0 Å². The van der Waals surface area contributed by atoms with Gasteiger partial charge in [-0.05, 0) is 48.1 Å². The lowest BCUT2D eigenvalue weighted by atomic mass is 9.82. The summed E-state index contributed by atoms with van der Waals surface area (Å²) in [6, 6.07) is 11.0. The summed E-state index contributed by atoms with van der Waals surface area (Å²) in [7, 11) is 0. The maximum Gasteiger partial charge on any atom is 0.416 e. The highest BCUT2D eigenvalue weighted by Crippen LogP contribution is 2.38. The van der Waals surface area contributed by atoms with E-state index in [9.17, 15) is 26.3 Å². The van der Waals surface area contributed by atoms with Crippen molar-refractivity contribution in [2.45, 2.75) is 37.4 Å². The van der Waals surface area contributed by atoms with Gasteiger partial charge in [-0.25, -0.2) is 0 Å². The molecule has 168 valence electrons. The van der Waals surface area contributed by atoms with E-state index in [1.807, 2.05) is 36.4 Å². The average molecular weight is 444 g/mol. The molecule has 1 saturated heterocycles. The highest BCUT2D eigenvalue weighted by molar-refractivity contribution is 5.33. The third-order valence-electron chi connectivity index (χ3n) is 5.30. The fourth-order valence-corrected chi connectivity index (χ4v) is 3.76. The van der Waals surface area contributed by atoms with Crippen molar-refractivity contribution >= 4 is 0 Å². The van der Waals surface area contributed by atoms with E-state index in [1.165, 1.54) is 0 Å². The van der Waals surface area contributed by atoms with E-state index < -0.39 is 29.8 Å². The van der Waals surface area contributed by atoms with Crippen molar-refractivity contribution in [2.75, 3.05) is 13.2 Å². The van der Waals surface area contributed by atoms with Crippen molar-refractivity contribution in [1.29, 1.82) is 0 Å². The molecule has 0 radical (unpaired) electrons. The number of halogens is 6. The molecule has 1 aliphatic heterocycles. The minimum atomic E-state index is -4.88. The van der Waals surface area contributed by atoms with E-state index in [-0.39, 0.29) is 36.5 Å². The van der Waals surface area contributed by atoms with Crippen LogP contribution in [-0.2, 0) is 28.2 Å². The molecule has 1 aliphatic rings. The highest BCUT2D eigenvalue weighted by Gasteiger charge is 2.37. The maximum atomic E-state index is 13.0. The number of benzene rings is 2. The van der Waals surface area contributed by atoms with Gasteiger partial charge in [-0.2, -0.15) is 26.3 Å². The molecule has 3 atom stereocenters. The summed E-state index contributed by atoms with van der Waals surface area (Å²) >= 11 is 0. The van der Waals surface area contributed by atoms with Gasteiger partial charge in [0.2, 0.25) is 0 Å². The molecule has 0 N–H and O–H groups in total. The largest absolute Gasteiger partial charge is 0.416 e. The van der Waals surface area contributed by atoms with Crippen molar-refractivity contribution in [3.63, 3.8) is 0 Å². The van der Waals surface area contributed by atoms with Gasteiger partial charge in [-0.1, -0.05) is 36.4 Å². The Morgan fingerprint density at radius 3 is 2.13 bits per heavy atom. The fourth-order valence-electron chi connectivity index (χ4n) is 3.76. The van der Waals surface area contributed by atoms with Crippen LogP contribution in [0.5, 0.6) is 0 Å². The van der Waals surface area contributed by atoms with Gasteiger partial charge >= 0.3 is 12.4 Å². The normalized spacial score (nSPS) is 22.3. The van der Waals surface area contributed by atoms with Crippen molar-refractivity contribution in [3.05, 3.63) is 83.4 Å². The lowest BCUT2D eigenvalue weighted by Gasteiger charge is -2.37. The molecule has 3 unspecified atom stereocenters. The second-order valence-corrected chi connectivity index (χ2v) is 7.40. The van der Waals surface area contributed by atoms with Crippen molar-refractivity contribution < 1.29 is 35.8 Å². The third-order valence-corrected chi connectivity index (χ3v) is 5.30. The Morgan fingerprint density at radius 1 is 0.968 bits per heavy atom. The third kappa shape index (κ3) is 5.89. The van der Waals surface area contributed by atoms with Gasteiger partial charge in [0.05, 0.1) is 24.3 Å². The molecular formula is C23H22F6O2. The van der Waals surface area contributed by atoms with E-state index in [1.54, 1.807) is 0 Å². The molecule has 0 amide bonds. The molecule has 2 aromatic carbocycles. The molecular weight excluding hydrogens is 422 g/mol. The van der Waals surface area contributed by atoms with Crippen LogP contribution in [0.4, 0.5) is 26.3 Å². The molecule has 31 heavy (non-hydrogen) atoms. The zero-order valence-electron chi connectivity index (χ0n) is 16.5. The van der Waals surface area contributed by atoms with Gasteiger partial charge in [0.15, 0.2) is 6.29 Å². The van der Waals surface area contributed by atoms with Crippen LogP contribution in [0.3, 0.4) is 0 Å². The molecule has 8 heteroatoms. The topological polar surface area (TPSA) is 18.5 Å². The summed E-state index contributed by atoms with van der Waals surface area (Å²) in [6.07, 6.45) is -7.98. The molecule has 1 heterocycles. The molecule has 0 spiro atoms. The Labute approximate surface area is 176 Å². The van der Waals surface area contributed by atoms with Crippen LogP contribution >= 0.6 is 0 Å². The minimum Gasteiger partial charge on any atom is -0.352 e. The van der Waals surface area contributed by atoms with E-state index in [2.05, 4.69) is 6.58 Å². The number of ether oxygens (including phenoxy) is 2. The number of hydrogen-bond donors (Lipinski definition) is 0. The number of hydrogen-bond acceptors (Lipinski definition) is 2. The summed E-state index contributed by atoms with van der Waals surface area (Å²) in [6.45, 7) is 4.20. The Hall–Kier alpha value is -2.32. The predicted octanol–water partition coefficient (Wildman–Crippen LogP) is 6.62. The standard InChI is InChI=1S/C23H22F6O2/c1-2-16-9-11-31-21(20(16)17-6-4-3-5-7-17)30-10-8-15-12-18(22(24,25)26)14-19(13-15)23(27,28)29/h2-7,12-14,16,20-21H,1,8-11H2. The van der Waals surface area contributed by atoms with Crippen molar-refractivity contribution in [2.24, 2.45) is 5.92 Å². The Balaban J connectivity index is 1.76. The second-order valence-electron chi connectivity index (χ2n) is 7.40. The smallest absolute Gasteiger partial charge is 0.352 e. The van der Waals surface area contributed by atoms with Crippen LogP contribution in [-0.4, -0.2) is 19.5 Å². The number of rotatable bonds is 6. The van der Waals surface area contributed by atoms with Gasteiger partial charge in [0.25, 0.3) is 0 Å². The molecule has 3 rings (SSSR count). The molecule has 2 aromatic rings. The Morgan fingerprint density at radius 2 is 1.58 bits per heavy atom. The monoisotopic (exact) mass is 444 g/mol. The van der Waals surface area contributed by atoms with Crippen LogP contribution < -0.4 is 0 Å². The highest BCUT2D eigenvalue weighted by atomic mass is 19.4. The average Bonchev–Trinajstić information content (AvgIpc) is 2.72. The minimum absolute atomic E-state index is 0.0755. The van der Waals surface area contributed by atoms with Gasteiger partial charge in [-0.15, -0.1) is 6.58 Å². The maximum absolute atomic E-state index is 13.0. The molecule has 0 bridgehead atoms. The molecule has 0 saturated carbocycles. The van der Waals surface area contributed by atoms with Crippen molar-refractivity contribution in [1.82, 2.24) is 0 Å². The van der Waals surface area contributed by atoms with Crippen LogP contribution in [0.15, 0.2) is 61.2 Å². The summed E-state index contributed by atoms with van der Waals surface area (Å²) < 4.78 is 89.8. The van der Waals surface area contributed by atoms with E-state index in [0.29, 0.717) is 6.61 Å². The van der Waals surface area contributed by atoms with Crippen molar-refractivity contribution in [3.8, 4) is 0 Å². The summed E-state index contributed by atoms with van der Waals surface area (Å²) in [4.78, 5) is 0. The Bertz CT molecular complexity index is 844. The summed E-state index contributed by atoms with van der Waals surface area (Å²) in [5.74, 6) is -0.0914. The SMILES string of the molecule is C=CC1CCOC(OCCc2cc(C(F)(F)F)cc(C(F)(F)F)c2)C1c1ccccc1. The van der Waals surface area contributed by atoms with E-state index in [0.717, 1.165) is 24.1 Å². The predicted molar refractivity (Wildman–Crippen MR) is 103 cm³/mol.